The lowest BCUT2D eigenvalue weighted by atomic mass is 9.98. The van der Waals surface area contributed by atoms with Gasteiger partial charge in [0, 0.05) is 29.1 Å². The van der Waals surface area contributed by atoms with Crippen LogP contribution in [0.5, 0.6) is 0 Å². The molecule has 4 heterocycles. The maximum atomic E-state index is 12.8. The molecule has 2 unspecified atom stereocenters. The summed E-state index contributed by atoms with van der Waals surface area (Å²) in [7, 11) is 2.20. The molecule has 0 radical (unpaired) electrons. The number of hydrogen-bond donors (Lipinski definition) is 3. The Kier molecular flexibility index (Phi) is 5.30. The van der Waals surface area contributed by atoms with Crippen molar-refractivity contribution in [3.8, 4) is 11.5 Å². The SMILES string of the molecule is CN1C2CCC1CC(NC(=O)c1n[nH]c3cc(-c4ncco4)ccc13)C2.O=CO. The van der Waals surface area contributed by atoms with Crippen molar-refractivity contribution in [2.75, 3.05) is 7.05 Å². The van der Waals surface area contributed by atoms with E-state index in [4.69, 9.17) is 14.3 Å². The van der Waals surface area contributed by atoms with Crippen LogP contribution in [0.15, 0.2) is 35.1 Å². The molecule has 2 aliphatic heterocycles. The molecule has 2 aliphatic rings. The Labute approximate surface area is 167 Å². The van der Waals surface area contributed by atoms with Gasteiger partial charge in [0.25, 0.3) is 12.4 Å². The van der Waals surface area contributed by atoms with E-state index in [1.807, 2.05) is 18.2 Å². The van der Waals surface area contributed by atoms with Gasteiger partial charge in [-0.05, 0) is 50.9 Å². The van der Waals surface area contributed by atoms with Gasteiger partial charge in [-0.2, -0.15) is 5.10 Å². The predicted molar refractivity (Wildman–Crippen MR) is 105 cm³/mol. The van der Waals surface area contributed by atoms with Crippen molar-refractivity contribution >= 4 is 23.3 Å². The highest BCUT2D eigenvalue weighted by atomic mass is 16.3. The van der Waals surface area contributed by atoms with Gasteiger partial charge in [-0.25, -0.2) is 4.98 Å². The zero-order valence-corrected chi connectivity index (χ0v) is 16.0. The van der Waals surface area contributed by atoms with Crippen LogP contribution in [-0.4, -0.2) is 62.7 Å². The number of H-pyrrole nitrogens is 1. The van der Waals surface area contributed by atoms with Gasteiger partial charge in [0.05, 0.1) is 11.7 Å². The Morgan fingerprint density at radius 3 is 2.72 bits per heavy atom. The van der Waals surface area contributed by atoms with Gasteiger partial charge < -0.3 is 19.7 Å². The third kappa shape index (κ3) is 3.73. The summed E-state index contributed by atoms with van der Waals surface area (Å²) in [5.74, 6) is 0.448. The summed E-state index contributed by atoms with van der Waals surface area (Å²) < 4.78 is 5.33. The van der Waals surface area contributed by atoms with E-state index in [1.54, 1.807) is 12.5 Å². The molecule has 0 spiro atoms. The van der Waals surface area contributed by atoms with Crippen LogP contribution in [0.4, 0.5) is 0 Å². The van der Waals surface area contributed by atoms with Crippen LogP contribution in [0, 0.1) is 0 Å². The zero-order chi connectivity index (χ0) is 20.4. The number of benzene rings is 1. The second-order valence-corrected chi connectivity index (χ2v) is 7.47. The van der Waals surface area contributed by atoms with Crippen molar-refractivity contribution in [3.63, 3.8) is 0 Å². The number of carboxylic acid groups (broad SMARTS) is 1. The van der Waals surface area contributed by atoms with Gasteiger partial charge in [0.15, 0.2) is 5.69 Å². The van der Waals surface area contributed by atoms with Crippen molar-refractivity contribution in [1.29, 1.82) is 0 Å². The first-order valence-electron chi connectivity index (χ1n) is 9.59. The summed E-state index contributed by atoms with van der Waals surface area (Å²) >= 11 is 0. The van der Waals surface area contributed by atoms with Crippen molar-refractivity contribution < 1.29 is 19.1 Å². The lowest BCUT2D eigenvalue weighted by Gasteiger charge is -2.36. The number of amides is 1. The number of rotatable bonds is 3. The Hall–Kier alpha value is -3.20. The van der Waals surface area contributed by atoms with Crippen LogP contribution < -0.4 is 5.32 Å². The van der Waals surface area contributed by atoms with Gasteiger partial charge >= 0.3 is 0 Å². The highest BCUT2D eigenvalue weighted by Crippen LogP contribution is 2.34. The highest BCUT2D eigenvalue weighted by molar-refractivity contribution is 6.05. The van der Waals surface area contributed by atoms with Crippen molar-refractivity contribution in [2.45, 2.75) is 43.8 Å². The molecule has 9 nitrogen and oxygen atoms in total. The number of aromatic amines is 1. The first-order valence-corrected chi connectivity index (χ1v) is 9.59. The Morgan fingerprint density at radius 2 is 2.07 bits per heavy atom. The fourth-order valence-corrected chi connectivity index (χ4v) is 4.47. The first kappa shape index (κ1) is 19.1. The summed E-state index contributed by atoms with van der Waals surface area (Å²) in [6.45, 7) is -0.250. The largest absolute Gasteiger partial charge is 0.483 e. The topological polar surface area (TPSA) is 124 Å². The van der Waals surface area contributed by atoms with E-state index >= 15 is 0 Å². The standard InChI is InChI=1S/C19H21N5O2.CH2O2/c1-24-13-3-4-14(24)10-12(9-13)21-18(25)17-15-5-2-11(8-16(15)22-23-17)19-20-6-7-26-19;2-1-3/h2,5-8,12-14H,3-4,9-10H2,1H3,(H,21,25)(H,22,23);1H,(H,2,3). The third-order valence-electron chi connectivity index (χ3n) is 5.89. The molecule has 2 aromatic heterocycles. The van der Waals surface area contributed by atoms with Crippen molar-refractivity contribution in [1.82, 2.24) is 25.4 Å². The maximum Gasteiger partial charge on any atom is 0.290 e. The molecule has 5 rings (SSSR count). The molecule has 1 amide bonds. The second-order valence-electron chi connectivity index (χ2n) is 7.47. The average molecular weight is 397 g/mol. The van der Waals surface area contributed by atoms with E-state index in [2.05, 4.69) is 32.4 Å². The normalized spacial score (nSPS) is 23.4. The molecule has 3 aromatic rings. The highest BCUT2D eigenvalue weighted by Gasteiger charge is 2.39. The first-order chi connectivity index (χ1) is 14.1. The molecule has 0 saturated carbocycles. The monoisotopic (exact) mass is 397 g/mol. The molecule has 2 atom stereocenters. The number of fused-ring (bicyclic) bond motifs is 3. The van der Waals surface area contributed by atoms with Gasteiger partial charge in [-0.15, -0.1) is 0 Å². The van der Waals surface area contributed by atoms with Crippen LogP contribution >= 0.6 is 0 Å². The number of oxazole rings is 1. The minimum atomic E-state index is -0.250. The van der Waals surface area contributed by atoms with Crippen molar-refractivity contribution in [3.05, 3.63) is 36.4 Å². The van der Waals surface area contributed by atoms with E-state index in [-0.39, 0.29) is 18.4 Å². The van der Waals surface area contributed by atoms with Gasteiger partial charge in [0.2, 0.25) is 5.89 Å². The van der Waals surface area contributed by atoms with Crippen LogP contribution in [0.2, 0.25) is 0 Å². The van der Waals surface area contributed by atoms with E-state index in [0.29, 0.717) is 23.7 Å². The number of piperidine rings is 1. The van der Waals surface area contributed by atoms with E-state index in [1.165, 1.54) is 12.8 Å². The molecule has 9 heteroatoms. The molecule has 1 aromatic carbocycles. The lowest BCUT2D eigenvalue weighted by Crippen LogP contribution is -2.48. The number of nitrogens with zero attached hydrogens (tertiary/aromatic N) is 3. The number of carbonyl (C=O) groups excluding carboxylic acids is 1. The summed E-state index contributed by atoms with van der Waals surface area (Å²) in [6.07, 6.45) is 7.68. The van der Waals surface area contributed by atoms with Gasteiger partial charge in [-0.3, -0.25) is 14.7 Å². The molecule has 2 bridgehead atoms. The van der Waals surface area contributed by atoms with Crippen LogP contribution in [0.1, 0.15) is 36.2 Å². The van der Waals surface area contributed by atoms with E-state index in [0.717, 1.165) is 29.3 Å². The van der Waals surface area contributed by atoms with Crippen LogP contribution in [0.3, 0.4) is 0 Å². The fraction of sp³-hybridized carbons (Fsp3) is 0.400. The smallest absolute Gasteiger partial charge is 0.290 e. The molecular weight excluding hydrogens is 374 g/mol. The van der Waals surface area contributed by atoms with Crippen molar-refractivity contribution in [2.24, 2.45) is 0 Å². The number of nitrogens with one attached hydrogen (secondary N) is 2. The van der Waals surface area contributed by atoms with E-state index < -0.39 is 0 Å². The van der Waals surface area contributed by atoms with Gasteiger partial charge in [-0.1, -0.05) is 0 Å². The Morgan fingerprint density at radius 1 is 1.34 bits per heavy atom. The summed E-state index contributed by atoms with van der Waals surface area (Å²) in [6, 6.07) is 7.12. The second kappa shape index (κ2) is 8.04. The molecule has 152 valence electrons. The number of hydrogen-bond acceptors (Lipinski definition) is 6. The molecule has 2 fully saturated rings. The molecule has 29 heavy (non-hydrogen) atoms. The molecule has 0 aliphatic carbocycles. The fourth-order valence-electron chi connectivity index (χ4n) is 4.47. The van der Waals surface area contributed by atoms with Gasteiger partial charge in [0.1, 0.15) is 6.26 Å². The van der Waals surface area contributed by atoms with E-state index in [9.17, 15) is 4.79 Å². The average Bonchev–Trinajstić information content (AvgIpc) is 3.41. The Balaban J connectivity index is 0.000000645. The predicted octanol–water partition coefficient (Wildman–Crippen LogP) is 2.27. The van der Waals surface area contributed by atoms with Crippen LogP contribution in [0.25, 0.3) is 22.4 Å². The summed E-state index contributed by atoms with van der Waals surface area (Å²) in [5.41, 5.74) is 2.10. The summed E-state index contributed by atoms with van der Waals surface area (Å²) in [4.78, 5) is 27.8. The third-order valence-corrected chi connectivity index (χ3v) is 5.89. The number of carbonyl (C=O) groups is 2. The lowest BCUT2D eigenvalue weighted by molar-refractivity contribution is -0.122. The molecule has 2 saturated heterocycles. The van der Waals surface area contributed by atoms with Crippen LogP contribution in [-0.2, 0) is 4.79 Å². The molecular formula is C20H23N5O4. The molecule has 3 N–H and O–H groups in total. The Bertz CT molecular complexity index is 986. The maximum absolute atomic E-state index is 12.8. The summed E-state index contributed by atoms with van der Waals surface area (Å²) in [5, 5.41) is 18.1. The quantitative estimate of drug-likeness (QED) is 0.579. The minimum Gasteiger partial charge on any atom is -0.483 e. The zero-order valence-electron chi connectivity index (χ0n) is 16.0. The minimum absolute atomic E-state index is 0.103. The number of aromatic nitrogens is 3.